The Morgan fingerprint density at radius 2 is 2.21 bits per heavy atom. The second kappa shape index (κ2) is 3.94. The minimum atomic E-state index is 0.514. The van der Waals surface area contributed by atoms with Gasteiger partial charge in [0.15, 0.2) is 5.82 Å². The number of nitrogen functional groups attached to an aromatic ring is 1. The Kier molecular flexibility index (Phi) is 2.24. The third-order valence-electron chi connectivity index (χ3n) is 3.90. The highest BCUT2D eigenvalue weighted by Gasteiger charge is 2.29. The van der Waals surface area contributed by atoms with Gasteiger partial charge in [0.2, 0.25) is 0 Å². The lowest BCUT2D eigenvalue weighted by atomic mass is 10.1. The van der Waals surface area contributed by atoms with Crippen LogP contribution in [-0.2, 0) is 13.0 Å². The van der Waals surface area contributed by atoms with Crippen LogP contribution in [0.3, 0.4) is 0 Å². The van der Waals surface area contributed by atoms with Crippen molar-refractivity contribution in [3.63, 3.8) is 0 Å². The van der Waals surface area contributed by atoms with E-state index in [1.54, 1.807) is 0 Å². The average molecular weight is 256 g/mol. The summed E-state index contributed by atoms with van der Waals surface area (Å²) in [6.07, 6.45) is 3.43. The van der Waals surface area contributed by atoms with Crippen molar-refractivity contribution in [2.75, 3.05) is 17.2 Å². The van der Waals surface area contributed by atoms with Crippen LogP contribution in [0.2, 0.25) is 0 Å². The van der Waals surface area contributed by atoms with Gasteiger partial charge >= 0.3 is 0 Å². The van der Waals surface area contributed by atoms with Crippen molar-refractivity contribution in [1.82, 2.24) is 20.2 Å². The van der Waals surface area contributed by atoms with Gasteiger partial charge in [-0.05, 0) is 41.3 Å². The fraction of sp³-hybridized carbons (Fsp3) is 0.462. The summed E-state index contributed by atoms with van der Waals surface area (Å²) in [5, 5.41) is 12.1. The van der Waals surface area contributed by atoms with Gasteiger partial charge in [0, 0.05) is 6.54 Å². The molecule has 0 atom stereocenters. The van der Waals surface area contributed by atoms with E-state index >= 15 is 0 Å². The number of nitrogens with two attached hydrogens (primary N) is 1. The summed E-state index contributed by atoms with van der Waals surface area (Å²) in [6.45, 7) is 1.73. The number of nitrogens with zero attached hydrogens (tertiary/aromatic N) is 5. The van der Waals surface area contributed by atoms with Gasteiger partial charge in [-0.15, -0.1) is 5.10 Å². The van der Waals surface area contributed by atoms with Crippen LogP contribution in [0.1, 0.15) is 30.3 Å². The first-order valence-electron chi connectivity index (χ1n) is 6.72. The van der Waals surface area contributed by atoms with Crippen molar-refractivity contribution in [2.24, 2.45) is 0 Å². The Labute approximate surface area is 111 Å². The summed E-state index contributed by atoms with van der Waals surface area (Å²) in [6, 6.07) is 6.64. The number of hydrogen-bond donors (Lipinski definition) is 1. The Balaban J connectivity index is 1.64. The Morgan fingerprint density at radius 1 is 1.32 bits per heavy atom. The number of hydrogen-bond acceptors (Lipinski definition) is 5. The highest BCUT2D eigenvalue weighted by atomic mass is 15.6. The smallest absolute Gasteiger partial charge is 0.170 e. The van der Waals surface area contributed by atoms with Crippen LogP contribution in [0.4, 0.5) is 11.4 Å². The zero-order chi connectivity index (χ0) is 12.8. The van der Waals surface area contributed by atoms with Crippen LogP contribution < -0.4 is 10.6 Å². The largest absolute Gasteiger partial charge is 0.397 e. The van der Waals surface area contributed by atoms with E-state index in [0.29, 0.717) is 6.04 Å². The maximum Gasteiger partial charge on any atom is 0.170 e. The van der Waals surface area contributed by atoms with Gasteiger partial charge in [0.25, 0.3) is 0 Å². The topological polar surface area (TPSA) is 72.9 Å². The van der Waals surface area contributed by atoms with Gasteiger partial charge < -0.3 is 10.6 Å². The van der Waals surface area contributed by atoms with Crippen molar-refractivity contribution in [2.45, 2.75) is 31.8 Å². The molecular weight excluding hydrogens is 240 g/mol. The number of benzene rings is 1. The molecule has 19 heavy (non-hydrogen) atoms. The van der Waals surface area contributed by atoms with Crippen molar-refractivity contribution >= 4 is 11.4 Å². The van der Waals surface area contributed by atoms with Crippen molar-refractivity contribution < 1.29 is 0 Å². The van der Waals surface area contributed by atoms with Crippen molar-refractivity contribution in [3.05, 3.63) is 29.6 Å². The molecule has 0 unspecified atom stereocenters. The van der Waals surface area contributed by atoms with Gasteiger partial charge in [-0.3, -0.25) is 0 Å². The van der Waals surface area contributed by atoms with Gasteiger partial charge in [-0.2, -0.15) is 0 Å². The van der Waals surface area contributed by atoms with E-state index in [4.69, 9.17) is 5.73 Å². The molecule has 0 bridgehead atoms. The summed E-state index contributed by atoms with van der Waals surface area (Å²) in [5.74, 6) is 0.943. The Morgan fingerprint density at radius 3 is 3.05 bits per heavy atom. The highest BCUT2D eigenvalue weighted by molar-refractivity contribution is 5.74. The molecule has 6 nitrogen and oxygen atoms in total. The minimum Gasteiger partial charge on any atom is -0.397 e. The predicted octanol–water partition coefficient (Wildman–Crippen LogP) is 1.15. The third kappa shape index (κ3) is 1.75. The highest BCUT2D eigenvalue weighted by Crippen LogP contribution is 2.37. The van der Waals surface area contributed by atoms with Crippen LogP contribution in [-0.4, -0.2) is 26.8 Å². The molecule has 2 aromatic rings. The molecule has 2 aliphatic rings. The van der Waals surface area contributed by atoms with E-state index in [1.165, 1.54) is 18.4 Å². The van der Waals surface area contributed by atoms with Crippen LogP contribution in [0.15, 0.2) is 18.2 Å². The first-order valence-corrected chi connectivity index (χ1v) is 6.72. The van der Waals surface area contributed by atoms with E-state index in [-0.39, 0.29) is 0 Å². The molecule has 1 aromatic heterocycles. The van der Waals surface area contributed by atoms with Gasteiger partial charge in [-0.1, -0.05) is 12.1 Å². The summed E-state index contributed by atoms with van der Waals surface area (Å²) >= 11 is 0. The molecule has 0 spiro atoms. The molecule has 1 aliphatic heterocycles. The number of tetrazole rings is 1. The normalized spacial score (nSPS) is 17.8. The fourth-order valence-electron chi connectivity index (χ4n) is 2.81. The molecule has 2 N–H and O–H groups in total. The number of fused-ring (bicyclic) bond motifs is 1. The van der Waals surface area contributed by atoms with Gasteiger partial charge in [-0.25, -0.2) is 4.68 Å². The number of rotatable bonds is 3. The number of para-hydroxylation sites is 1. The zero-order valence-corrected chi connectivity index (χ0v) is 10.7. The summed E-state index contributed by atoms with van der Waals surface area (Å²) in [5.41, 5.74) is 9.43. The maximum absolute atomic E-state index is 6.10. The Bertz CT molecular complexity index is 615. The second-order valence-electron chi connectivity index (χ2n) is 5.30. The van der Waals surface area contributed by atoms with E-state index in [1.807, 2.05) is 16.8 Å². The van der Waals surface area contributed by atoms with Crippen LogP contribution in [0.25, 0.3) is 0 Å². The zero-order valence-electron chi connectivity index (χ0n) is 10.7. The molecule has 4 rings (SSSR count). The standard InChI is InChI=1S/C13H16N6/c14-11-3-1-2-9-6-7-18(13(9)11)8-12-15-16-17-19(12)10-4-5-10/h1-3,10H,4-8,14H2. The first-order chi connectivity index (χ1) is 9.33. The first kappa shape index (κ1) is 10.8. The van der Waals surface area contributed by atoms with Crippen LogP contribution >= 0.6 is 0 Å². The van der Waals surface area contributed by atoms with Gasteiger partial charge in [0.1, 0.15) is 0 Å². The molecule has 98 valence electrons. The van der Waals surface area contributed by atoms with E-state index in [2.05, 4.69) is 26.5 Å². The molecule has 0 amide bonds. The maximum atomic E-state index is 6.10. The Hall–Kier alpha value is -2.11. The fourth-order valence-corrected chi connectivity index (χ4v) is 2.81. The molecular formula is C13H16N6. The van der Waals surface area contributed by atoms with E-state index < -0.39 is 0 Å². The lowest BCUT2D eigenvalue weighted by Gasteiger charge is -2.20. The summed E-state index contributed by atoms with van der Waals surface area (Å²) in [7, 11) is 0. The molecule has 1 aliphatic carbocycles. The number of anilines is 2. The molecule has 1 fully saturated rings. The average Bonchev–Trinajstić information content (AvgIpc) is 3.01. The summed E-state index contributed by atoms with van der Waals surface area (Å²) in [4.78, 5) is 2.29. The van der Waals surface area contributed by atoms with E-state index in [0.717, 1.165) is 36.7 Å². The van der Waals surface area contributed by atoms with Crippen LogP contribution in [0, 0.1) is 0 Å². The number of aromatic nitrogens is 4. The monoisotopic (exact) mass is 256 g/mol. The molecule has 6 heteroatoms. The lowest BCUT2D eigenvalue weighted by molar-refractivity contribution is 0.576. The minimum absolute atomic E-state index is 0.514. The second-order valence-corrected chi connectivity index (χ2v) is 5.30. The molecule has 1 aromatic carbocycles. The van der Waals surface area contributed by atoms with Crippen LogP contribution in [0.5, 0.6) is 0 Å². The van der Waals surface area contributed by atoms with E-state index in [9.17, 15) is 0 Å². The summed E-state index contributed by atoms with van der Waals surface area (Å²) < 4.78 is 1.97. The molecule has 2 heterocycles. The lowest BCUT2D eigenvalue weighted by Crippen LogP contribution is -2.23. The van der Waals surface area contributed by atoms with Gasteiger partial charge in [0.05, 0.1) is 24.0 Å². The SMILES string of the molecule is Nc1cccc2c1N(Cc1nnnn1C1CC1)CC2. The predicted molar refractivity (Wildman–Crippen MR) is 71.7 cm³/mol. The molecule has 1 saturated carbocycles. The van der Waals surface area contributed by atoms with Crippen molar-refractivity contribution in [1.29, 1.82) is 0 Å². The quantitative estimate of drug-likeness (QED) is 0.834. The molecule has 0 saturated heterocycles. The molecule has 0 radical (unpaired) electrons. The third-order valence-corrected chi connectivity index (χ3v) is 3.90. The van der Waals surface area contributed by atoms with Crippen molar-refractivity contribution in [3.8, 4) is 0 Å².